The van der Waals surface area contributed by atoms with Crippen molar-refractivity contribution in [1.82, 2.24) is 14.6 Å². The van der Waals surface area contributed by atoms with Crippen LogP contribution in [0.4, 0.5) is 0 Å². The Balaban J connectivity index is 1.33. The predicted molar refractivity (Wildman–Crippen MR) is 157 cm³/mol. The SMILES string of the molecule is COc1cc(C=Nn2c(-c3cc4c(OC)cccc4o3)nc3ccccc3c2=O)ccc1OCC(=O)N1CCOCC1. The molecule has 3 aromatic carbocycles. The van der Waals surface area contributed by atoms with Gasteiger partial charge in [0.2, 0.25) is 5.82 Å². The quantitative estimate of drug-likeness (QED) is 0.258. The number of fused-ring (bicyclic) bond motifs is 2. The van der Waals surface area contributed by atoms with Crippen molar-refractivity contribution in [3.05, 3.63) is 82.6 Å². The molecule has 0 saturated carbocycles. The maximum atomic E-state index is 13.6. The van der Waals surface area contributed by atoms with Crippen molar-refractivity contribution in [1.29, 1.82) is 0 Å². The monoisotopic (exact) mass is 568 g/mol. The zero-order valence-corrected chi connectivity index (χ0v) is 23.1. The van der Waals surface area contributed by atoms with Gasteiger partial charge in [0.05, 0.1) is 49.9 Å². The topological polar surface area (TPSA) is 118 Å². The van der Waals surface area contributed by atoms with E-state index in [2.05, 4.69) is 5.10 Å². The minimum Gasteiger partial charge on any atom is -0.496 e. The molecule has 0 bridgehead atoms. The molecular formula is C31H28N4O7. The van der Waals surface area contributed by atoms with Gasteiger partial charge in [0.1, 0.15) is 11.3 Å². The molecule has 3 heterocycles. The molecule has 0 radical (unpaired) electrons. The Kier molecular flexibility index (Phi) is 7.56. The lowest BCUT2D eigenvalue weighted by molar-refractivity contribution is -0.137. The average Bonchev–Trinajstić information content (AvgIpc) is 3.48. The maximum absolute atomic E-state index is 13.6. The number of benzene rings is 3. The molecule has 2 aromatic heterocycles. The van der Waals surface area contributed by atoms with Gasteiger partial charge in [-0.05, 0) is 54.1 Å². The molecule has 6 rings (SSSR count). The number of hydrogen-bond donors (Lipinski definition) is 0. The number of nitrogens with zero attached hydrogens (tertiary/aromatic N) is 4. The first-order chi connectivity index (χ1) is 20.6. The Hall–Kier alpha value is -5.16. The summed E-state index contributed by atoms with van der Waals surface area (Å²) in [5, 5.41) is 5.68. The first-order valence-corrected chi connectivity index (χ1v) is 13.3. The maximum Gasteiger partial charge on any atom is 0.282 e. The summed E-state index contributed by atoms with van der Waals surface area (Å²) < 4.78 is 29.3. The Morgan fingerprint density at radius 1 is 0.952 bits per heavy atom. The van der Waals surface area contributed by atoms with Gasteiger partial charge in [-0.1, -0.05) is 18.2 Å². The van der Waals surface area contributed by atoms with E-state index in [4.69, 9.17) is 28.3 Å². The summed E-state index contributed by atoms with van der Waals surface area (Å²) >= 11 is 0. The summed E-state index contributed by atoms with van der Waals surface area (Å²) in [7, 11) is 3.10. The molecule has 11 nitrogen and oxygen atoms in total. The number of carbonyl (C=O) groups excluding carboxylic acids is 1. The highest BCUT2D eigenvalue weighted by molar-refractivity contribution is 5.89. The molecule has 0 atom stereocenters. The van der Waals surface area contributed by atoms with Gasteiger partial charge < -0.3 is 28.3 Å². The number of methoxy groups -OCH3 is 2. The molecule has 1 aliphatic heterocycles. The Bertz CT molecular complexity index is 1850. The zero-order chi connectivity index (χ0) is 29.1. The van der Waals surface area contributed by atoms with E-state index in [1.807, 2.05) is 24.3 Å². The number of furan rings is 1. The summed E-state index contributed by atoms with van der Waals surface area (Å²) in [6, 6.07) is 19.5. The molecule has 5 aromatic rings. The van der Waals surface area contributed by atoms with E-state index in [1.54, 1.807) is 54.5 Å². The van der Waals surface area contributed by atoms with Gasteiger partial charge in [-0.2, -0.15) is 9.78 Å². The van der Waals surface area contributed by atoms with Gasteiger partial charge in [0.15, 0.2) is 23.9 Å². The van der Waals surface area contributed by atoms with Crippen molar-refractivity contribution < 1.29 is 28.2 Å². The summed E-state index contributed by atoms with van der Waals surface area (Å²) in [4.78, 5) is 32.5. The number of morpholine rings is 1. The summed E-state index contributed by atoms with van der Waals surface area (Å²) in [6.45, 7) is 2.01. The van der Waals surface area contributed by atoms with Crippen LogP contribution in [0.1, 0.15) is 5.56 Å². The molecule has 42 heavy (non-hydrogen) atoms. The van der Waals surface area contributed by atoms with E-state index < -0.39 is 0 Å². The fraction of sp³-hybridized carbons (Fsp3) is 0.226. The lowest BCUT2D eigenvalue weighted by Crippen LogP contribution is -2.43. The fourth-order valence-corrected chi connectivity index (χ4v) is 4.76. The second kappa shape index (κ2) is 11.8. The van der Waals surface area contributed by atoms with Crippen LogP contribution in [0.5, 0.6) is 17.2 Å². The standard InChI is InChI=1S/C31H28N4O7/c1-38-24-8-5-9-25-22(24)17-28(42-25)30-33-23-7-4-3-6-21(23)31(37)35(30)32-18-20-10-11-26(27(16-20)39-2)41-19-29(36)34-12-14-40-15-13-34/h3-11,16-18H,12-15,19H2,1-2H3. The number of para-hydroxylation sites is 1. The van der Waals surface area contributed by atoms with Gasteiger partial charge in [-0.15, -0.1) is 0 Å². The van der Waals surface area contributed by atoms with Crippen LogP contribution in [-0.4, -0.2) is 73.8 Å². The van der Waals surface area contributed by atoms with Gasteiger partial charge in [0, 0.05) is 13.1 Å². The van der Waals surface area contributed by atoms with Crippen LogP contribution in [0.15, 0.2) is 81.0 Å². The minimum absolute atomic E-state index is 0.117. The number of carbonyl (C=O) groups is 1. The molecule has 0 aliphatic carbocycles. The highest BCUT2D eigenvalue weighted by atomic mass is 16.5. The summed E-state index contributed by atoms with van der Waals surface area (Å²) in [5.41, 5.74) is 1.39. The third-order valence-corrected chi connectivity index (χ3v) is 6.94. The van der Waals surface area contributed by atoms with E-state index in [9.17, 15) is 9.59 Å². The lowest BCUT2D eigenvalue weighted by Gasteiger charge is -2.26. The van der Waals surface area contributed by atoms with Crippen molar-refractivity contribution in [2.45, 2.75) is 0 Å². The Morgan fingerprint density at radius 3 is 2.57 bits per heavy atom. The first-order valence-electron chi connectivity index (χ1n) is 13.3. The molecule has 11 heteroatoms. The molecule has 1 saturated heterocycles. The molecule has 214 valence electrons. The number of amides is 1. The van der Waals surface area contributed by atoms with Gasteiger partial charge in [-0.3, -0.25) is 9.59 Å². The molecular weight excluding hydrogens is 540 g/mol. The number of hydrogen-bond acceptors (Lipinski definition) is 9. The zero-order valence-electron chi connectivity index (χ0n) is 23.1. The predicted octanol–water partition coefficient (Wildman–Crippen LogP) is 3.95. The van der Waals surface area contributed by atoms with Gasteiger partial charge in [-0.25, -0.2) is 4.98 Å². The van der Waals surface area contributed by atoms with Gasteiger partial charge >= 0.3 is 0 Å². The van der Waals surface area contributed by atoms with Crippen LogP contribution < -0.4 is 19.8 Å². The molecule has 1 fully saturated rings. The van der Waals surface area contributed by atoms with Crippen molar-refractivity contribution >= 4 is 34.0 Å². The van der Waals surface area contributed by atoms with Crippen molar-refractivity contribution in [2.24, 2.45) is 5.10 Å². The van der Waals surface area contributed by atoms with E-state index in [1.165, 1.54) is 18.0 Å². The smallest absolute Gasteiger partial charge is 0.282 e. The highest BCUT2D eigenvalue weighted by Crippen LogP contribution is 2.33. The number of rotatable bonds is 8. The van der Waals surface area contributed by atoms with Crippen molar-refractivity contribution in [2.75, 3.05) is 47.1 Å². The van der Waals surface area contributed by atoms with Crippen LogP contribution >= 0.6 is 0 Å². The van der Waals surface area contributed by atoms with Crippen LogP contribution in [0, 0.1) is 0 Å². The molecule has 1 aliphatic rings. The normalized spacial score (nSPS) is 13.6. The molecule has 0 unspecified atom stereocenters. The number of aromatic nitrogens is 2. The third-order valence-electron chi connectivity index (χ3n) is 6.94. The van der Waals surface area contributed by atoms with Crippen LogP contribution in [0.2, 0.25) is 0 Å². The number of ether oxygens (including phenoxy) is 4. The second-order valence-corrected chi connectivity index (χ2v) is 9.49. The Labute approximate surface area is 240 Å². The largest absolute Gasteiger partial charge is 0.496 e. The molecule has 1 amide bonds. The van der Waals surface area contributed by atoms with Gasteiger partial charge in [0.25, 0.3) is 11.5 Å². The molecule has 0 N–H and O–H groups in total. The third kappa shape index (κ3) is 5.29. The second-order valence-electron chi connectivity index (χ2n) is 9.49. The van der Waals surface area contributed by atoms with Crippen molar-refractivity contribution in [3.8, 4) is 28.8 Å². The van der Waals surface area contributed by atoms with Crippen LogP contribution in [-0.2, 0) is 9.53 Å². The fourth-order valence-electron chi connectivity index (χ4n) is 4.76. The van der Waals surface area contributed by atoms with E-state index >= 15 is 0 Å². The van der Waals surface area contributed by atoms with E-state index in [0.29, 0.717) is 71.4 Å². The van der Waals surface area contributed by atoms with E-state index in [0.717, 1.165) is 5.39 Å². The summed E-state index contributed by atoms with van der Waals surface area (Å²) in [6.07, 6.45) is 1.52. The average molecular weight is 569 g/mol. The van der Waals surface area contributed by atoms with Crippen LogP contribution in [0.25, 0.3) is 33.5 Å². The highest BCUT2D eigenvalue weighted by Gasteiger charge is 2.19. The van der Waals surface area contributed by atoms with Crippen molar-refractivity contribution in [3.63, 3.8) is 0 Å². The minimum atomic E-state index is -0.354. The van der Waals surface area contributed by atoms with E-state index in [-0.39, 0.29) is 23.9 Å². The first kappa shape index (κ1) is 27.0. The Morgan fingerprint density at radius 2 is 1.76 bits per heavy atom. The molecule has 0 spiro atoms. The lowest BCUT2D eigenvalue weighted by atomic mass is 10.2. The van der Waals surface area contributed by atoms with Crippen LogP contribution in [0.3, 0.4) is 0 Å². The summed E-state index contributed by atoms with van der Waals surface area (Å²) in [5.74, 6) is 1.95.